The monoisotopic (exact) mass is 281 g/mol. The Kier molecular flexibility index (Phi) is 4.35. The zero-order chi connectivity index (χ0) is 13.1. The van der Waals surface area contributed by atoms with Gasteiger partial charge in [-0.05, 0) is 37.5 Å². The Bertz CT molecular complexity index is 536. The molecule has 0 unspecified atom stereocenters. The smallest absolute Gasteiger partial charge is 0.0907 e. The number of nitrogen functional groups attached to an aromatic ring is 1. The van der Waals surface area contributed by atoms with Crippen LogP contribution in [-0.2, 0) is 0 Å². The third-order valence-electron chi connectivity index (χ3n) is 2.90. The minimum absolute atomic E-state index is 0.845. The quantitative estimate of drug-likeness (QED) is 0.674. The Morgan fingerprint density at radius 2 is 2.22 bits per heavy atom. The number of nitrogens with two attached hydrogens (primary N) is 1. The van der Waals surface area contributed by atoms with Gasteiger partial charge in [0.25, 0.3) is 0 Å². The first-order valence-corrected chi connectivity index (χ1v) is 8.19. The summed E-state index contributed by atoms with van der Waals surface area (Å²) in [6, 6.07) is 4.15. The number of anilines is 2. The number of nitrogens with zero attached hydrogens (tertiary/aromatic N) is 2. The topological polar surface area (TPSA) is 42.2 Å². The Hall–Kier alpha value is -0.940. The van der Waals surface area contributed by atoms with Crippen molar-refractivity contribution in [1.82, 2.24) is 4.98 Å². The van der Waals surface area contributed by atoms with Crippen LogP contribution in [0.4, 0.5) is 11.4 Å². The highest BCUT2D eigenvalue weighted by molar-refractivity contribution is 7.98. The molecular weight excluding hydrogens is 262 g/mol. The van der Waals surface area contributed by atoms with Crippen LogP contribution in [0.25, 0.3) is 10.2 Å². The molecule has 3 nitrogen and oxygen atoms in total. The third-order valence-corrected chi connectivity index (χ3v) is 4.53. The average molecular weight is 281 g/mol. The lowest BCUT2D eigenvalue weighted by Crippen LogP contribution is -2.20. The normalized spacial score (nSPS) is 11.1. The Labute approximate surface area is 116 Å². The van der Waals surface area contributed by atoms with Gasteiger partial charge in [0.15, 0.2) is 0 Å². The minimum Gasteiger partial charge on any atom is -0.397 e. The van der Waals surface area contributed by atoms with Gasteiger partial charge in [-0.15, -0.1) is 11.3 Å². The molecule has 0 atom stereocenters. The Morgan fingerprint density at radius 3 is 2.94 bits per heavy atom. The molecule has 0 aliphatic heterocycles. The van der Waals surface area contributed by atoms with Crippen LogP contribution < -0.4 is 10.6 Å². The van der Waals surface area contributed by atoms with E-state index in [4.69, 9.17) is 5.73 Å². The van der Waals surface area contributed by atoms with E-state index in [2.05, 4.69) is 29.3 Å². The highest BCUT2D eigenvalue weighted by Crippen LogP contribution is 2.31. The van der Waals surface area contributed by atoms with Crippen molar-refractivity contribution in [2.75, 3.05) is 36.2 Å². The Morgan fingerprint density at radius 1 is 1.44 bits per heavy atom. The predicted molar refractivity (Wildman–Crippen MR) is 85.0 cm³/mol. The highest BCUT2D eigenvalue weighted by Gasteiger charge is 2.09. The van der Waals surface area contributed by atoms with Crippen LogP contribution in [0.15, 0.2) is 12.1 Å². The van der Waals surface area contributed by atoms with Crippen LogP contribution >= 0.6 is 23.1 Å². The van der Waals surface area contributed by atoms with E-state index in [1.54, 1.807) is 11.3 Å². The molecule has 2 rings (SSSR count). The standard InChI is InChI=1S/C13H19N3S2/c1-9-15-11-8-12(10(14)7-13(11)18-9)16(2)5-4-6-17-3/h7-8H,4-6,14H2,1-3H3. The van der Waals surface area contributed by atoms with E-state index in [-0.39, 0.29) is 0 Å². The summed E-state index contributed by atoms with van der Waals surface area (Å²) < 4.78 is 1.17. The summed E-state index contributed by atoms with van der Waals surface area (Å²) in [5.41, 5.74) is 9.12. The summed E-state index contributed by atoms with van der Waals surface area (Å²) in [5.74, 6) is 1.18. The fourth-order valence-electron chi connectivity index (χ4n) is 1.99. The van der Waals surface area contributed by atoms with Gasteiger partial charge in [-0.25, -0.2) is 4.98 Å². The van der Waals surface area contributed by atoms with Gasteiger partial charge in [-0.2, -0.15) is 11.8 Å². The first-order chi connectivity index (χ1) is 8.61. The van der Waals surface area contributed by atoms with Crippen molar-refractivity contribution < 1.29 is 0 Å². The molecule has 0 aliphatic rings. The molecule has 98 valence electrons. The second-order valence-corrected chi connectivity index (χ2v) is 6.60. The molecular formula is C13H19N3S2. The number of hydrogen-bond donors (Lipinski definition) is 1. The molecule has 0 radical (unpaired) electrons. The van der Waals surface area contributed by atoms with Crippen LogP contribution in [0.5, 0.6) is 0 Å². The average Bonchev–Trinajstić information content (AvgIpc) is 2.67. The molecule has 0 bridgehead atoms. The number of aromatic nitrogens is 1. The van der Waals surface area contributed by atoms with Crippen molar-refractivity contribution in [2.45, 2.75) is 13.3 Å². The largest absolute Gasteiger partial charge is 0.397 e. The molecule has 5 heteroatoms. The molecule has 0 saturated carbocycles. The van der Waals surface area contributed by atoms with Crippen molar-refractivity contribution in [2.24, 2.45) is 0 Å². The molecule has 2 aromatic rings. The minimum atomic E-state index is 0.845. The number of fused-ring (bicyclic) bond motifs is 1. The summed E-state index contributed by atoms with van der Waals surface area (Å²) >= 11 is 3.58. The maximum atomic E-state index is 6.13. The number of thioether (sulfide) groups is 1. The van der Waals surface area contributed by atoms with Gasteiger partial charge in [0.05, 0.1) is 26.6 Å². The van der Waals surface area contributed by atoms with Crippen molar-refractivity contribution in [3.63, 3.8) is 0 Å². The van der Waals surface area contributed by atoms with E-state index in [0.29, 0.717) is 0 Å². The van der Waals surface area contributed by atoms with Gasteiger partial charge in [0, 0.05) is 13.6 Å². The molecule has 0 amide bonds. The predicted octanol–water partition coefficient (Wildman–Crippen LogP) is 3.38. The molecule has 2 N–H and O–H groups in total. The van der Waals surface area contributed by atoms with E-state index in [0.717, 1.165) is 28.4 Å². The fraction of sp³-hybridized carbons (Fsp3) is 0.462. The molecule has 1 aromatic carbocycles. The zero-order valence-corrected chi connectivity index (χ0v) is 12.7. The fourth-order valence-corrected chi connectivity index (χ4v) is 3.27. The first-order valence-electron chi connectivity index (χ1n) is 5.98. The number of benzene rings is 1. The molecule has 18 heavy (non-hydrogen) atoms. The number of rotatable bonds is 5. The molecule has 0 spiro atoms. The van der Waals surface area contributed by atoms with Crippen LogP contribution in [-0.4, -0.2) is 30.6 Å². The zero-order valence-electron chi connectivity index (χ0n) is 11.1. The SMILES string of the molecule is CSCCCN(C)c1cc2nc(C)sc2cc1N. The van der Waals surface area contributed by atoms with E-state index in [1.165, 1.54) is 16.9 Å². The lowest BCUT2D eigenvalue weighted by molar-refractivity contribution is 0.862. The van der Waals surface area contributed by atoms with Crippen LogP contribution in [0.2, 0.25) is 0 Å². The van der Waals surface area contributed by atoms with E-state index >= 15 is 0 Å². The molecule has 0 fully saturated rings. The van der Waals surface area contributed by atoms with Crippen molar-refractivity contribution in [3.8, 4) is 0 Å². The first kappa shape index (κ1) is 13.5. The van der Waals surface area contributed by atoms with Crippen LogP contribution in [0.3, 0.4) is 0 Å². The molecule has 0 saturated heterocycles. The van der Waals surface area contributed by atoms with Gasteiger partial charge in [-0.1, -0.05) is 0 Å². The maximum Gasteiger partial charge on any atom is 0.0907 e. The number of thiazole rings is 1. The lowest BCUT2D eigenvalue weighted by atomic mass is 10.2. The van der Waals surface area contributed by atoms with Gasteiger partial charge in [0.1, 0.15) is 0 Å². The second-order valence-electron chi connectivity index (χ2n) is 4.38. The van der Waals surface area contributed by atoms with Crippen LogP contribution in [0.1, 0.15) is 11.4 Å². The third kappa shape index (κ3) is 2.90. The van der Waals surface area contributed by atoms with Crippen molar-refractivity contribution >= 4 is 44.7 Å². The second kappa shape index (κ2) is 5.80. The van der Waals surface area contributed by atoms with Gasteiger partial charge < -0.3 is 10.6 Å². The molecule has 1 aromatic heterocycles. The van der Waals surface area contributed by atoms with Crippen molar-refractivity contribution in [1.29, 1.82) is 0 Å². The molecule has 0 aliphatic carbocycles. The van der Waals surface area contributed by atoms with Crippen LogP contribution in [0, 0.1) is 6.92 Å². The lowest BCUT2D eigenvalue weighted by Gasteiger charge is -2.20. The van der Waals surface area contributed by atoms with Crippen molar-refractivity contribution in [3.05, 3.63) is 17.1 Å². The van der Waals surface area contributed by atoms with Gasteiger partial charge in [-0.3, -0.25) is 0 Å². The van der Waals surface area contributed by atoms with Gasteiger partial charge >= 0.3 is 0 Å². The highest BCUT2D eigenvalue weighted by atomic mass is 32.2. The summed E-state index contributed by atoms with van der Waals surface area (Å²) in [4.78, 5) is 6.75. The summed E-state index contributed by atoms with van der Waals surface area (Å²) in [6.07, 6.45) is 3.31. The Balaban J connectivity index is 2.23. The summed E-state index contributed by atoms with van der Waals surface area (Å²) in [6.45, 7) is 3.06. The van der Waals surface area contributed by atoms with E-state index < -0.39 is 0 Å². The van der Waals surface area contributed by atoms with E-state index in [9.17, 15) is 0 Å². The number of aryl methyl sites for hydroxylation is 1. The maximum absolute atomic E-state index is 6.13. The van der Waals surface area contributed by atoms with Gasteiger partial charge in [0.2, 0.25) is 0 Å². The molecule has 1 heterocycles. The van der Waals surface area contributed by atoms with E-state index in [1.807, 2.05) is 24.8 Å². The summed E-state index contributed by atoms with van der Waals surface area (Å²) in [5, 5.41) is 1.09. The summed E-state index contributed by atoms with van der Waals surface area (Å²) in [7, 11) is 2.09. The number of hydrogen-bond acceptors (Lipinski definition) is 5.